The van der Waals surface area contributed by atoms with Gasteiger partial charge in [0.05, 0.1) is 10.9 Å². The minimum absolute atomic E-state index is 0.102. The third kappa shape index (κ3) is 2.80. The van der Waals surface area contributed by atoms with Crippen molar-refractivity contribution in [2.75, 3.05) is 13.3 Å². The smallest absolute Gasteiger partial charge is 0.175 e. The van der Waals surface area contributed by atoms with E-state index in [1.165, 1.54) is 11.8 Å². The van der Waals surface area contributed by atoms with Crippen molar-refractivity contribution < 1.29 is 8.42 Å². The van der Waals surface area contributed by atoms with Gasteiger partial charge in [-0.3, -0.25) is 0 Å². The summed E-state index contributed by atoms with van der Waals surface area (Å²) in [5.74, 6) is 0. The lowest BCUT2D eigenvalue weighted by Crippen LogP contribution is -2.17. The predicted octanol–water partition coefficient (Wildman–Crippen LogP) is 2.46. The molecule has 1 aromatic heterocycles. The van der Waals surface area contributed by atoms with E-state index >= 15 is 0 Å². The highest BCUT2D eigenvalue weighted by Crippen LogP contribution is 2.24. The fourth-order valence-electron chi connectivity index (χ4n) is 1.87. The first-order valence-electron chi connectivity index (χ1n) is 5.52. The van der Waals surface area contributed by atoms with Crippen LogP contribution in [0.25, 0.3) is 0 Å². The molecular formula is C13H15NO2S2. The largest absolute Gasteiger partial charge is 0.309 e. The van der Waals surface area contributed by atoms with Crippen LogP contribution in [0.4, 0.5) is 0 Å². The number of sulfone groups is 1. The number of rotatable bonds is 4. The second-order valence-electron chi connectivity index (χ2n) is 4.12. The first-order valence-corrected chi connectivity index (χ1v) is 8.35. The van der Waals surface area contributed by atoms with Gasteiger partial charge in [-0.25, -0.2) is 8.42 Å². The maximum atomic E-state index is 11.4. The lowest BCUT2D eigenvalue weighted by atomic mass is 10.0. The molecule has 1 N–H and O–H groups in total. The number of hydrogen-bond acceptors (Lipinski definition) is 4. The lowest BCUT2D eigenvalue weighted by Gasteiger charge is -2.15. The summed E-state index contributed by atoms with van der Waals surface area (Å²) >= 11 is 1.65. The van der Waals surface area contributed by atoms with Gasteiger partial charge in [0.25, 0.3) is 0 Å². The SMILES string of the molecule is CNC(c1ccc(S(C)(=O)=O)cc1)c1ccsc1. The number of benzene rings is 1. The Bertz CT molecular complexity index is 601. The summed E-state index contributed by atoms with van der Waals surface area (Å²) in [7, 11) is -1.23. The Morgan fingerprint density at radius 2 is 1.78 bits per heavy atom. The summed E-state index contributed by atoms with van der Waals surface area (Å²) in [6, 6.07) is 9.19. The summed E-state index contributed by atoms with van der Waals surface area (Å²) in [4.78, 5) is 0.353. The highest BCUT2D eigenvalue weighted by molar-refractivity contribution is 7.90. The summed E-state index contributed by atoms with van der Waals surface area (Å²) in [6.07, 6.45) is 1.22. The second kappa shape index (κ2) is 5.22. The van der Waals surface area contributed by atoms with E-state index in [0.29, 0.717) is 4.90 Å². The van der Waals surface area contributed by atoms with E-state index in [4.69, 9.17) is 0 Å². The van der Waals surface area contributed by atoms with E-state index in [1.54, 1.807) is 23.5 Å². The van der Waals surface area contributed by atoms with E-state index in [9.17, 15) is 8.42 Å². The lowest BCUT2D eigenvalue weighted by molar-refractivity contribution is 0.601. The molecule has 5 heteroatoms. The maximum Gasteiger partial charge on any atom is 0.175 e. The molecule has 18 heavy (non-hydrogen) atoms. The molecule has 0 amide bonds. The molecule has 0 radical (unpaired) electrons. The van der Waals surface area contributed by atoms with Gasteiger partial charge in [0.1, 0.15) is 0 Å². The zero-order valence-electron chi connectivity index (χ0n) is 10.3. The Hall–Kier alpha value is -1.17. The van der Waals surface area contributed by atoms with Crippen LogP contribution in [0.5, 0.6) is 0 Å². The molecule has 96 valence electrons. The molecule has 0 fully saturated rings. The molecule has 0 saturated heterocycles. The van der Waals surface area contributed by atoms with E-state index < -0.39 is 9.84 Å². The Morgan fingerprint density at radius 1 is 1.11 bits per heavy atom. The van der Waals surface area contributed by atoms with Crippen LogP contribution in [-0.4, -0.2) is 21.7 Å². The van der Waals surface area contributed by atoms with Crippen molar-refractivity contribution in [3.05, 3.63) is 52.2 Å². The Kier molecular flexibility index (Phi) is 3.85. The van der Waals surface area contributed by atoms with Crippen molar-refractivity contribution in [3.8, 4) is 0 Å². The first-order chi connectivity index (χ1) is 8.52. The van der Waals surface area contributed by atoms with E-state index in [-0.39, 0.29) is 6.04 Å². The molecule has 0 saturated carbocycles. The van der Waals surface area contributed by atoms with Crippen molar-refractivity contribution >= 4 is 21.2 Å². The van der Waals surface area contributed by atoms with Crippen LogP contribution < -0.4 is 5.32 Å². The van der Waals surface area contributed by atoms with Crippen LogP contribution >= 0.6 is 11.3 Å². The fourth-order valence-corrected chi connectivity index (χ4v) is 3.19. The van der Waals surface area contributed by atoms with Gasteiger partial charge in [-0.05, 0) is 47.1 Å². The minimum Gasteiger partial charge on any atom is -0.309 e. The van der Waals surface area contributed by atoms with Crippen molar-refractivity contribution in [2.45, 2.75) is 10.9 Å². The molecular weight excluding hydrogens is 266 g/mol. The van der Waals surface area contributed by atoms with Gasteiger partial charge < -0.3 is 5.32 Å². The predicted molar refractivity (Wildman–Crippen MR) is 74.8 cm³/mol. The molecule has 0 aliphatic heterocycles. The summed E-state index contributed by atoms with van der Waals surface area (Å²) < 4.78 is 22.8. The third-order valence-electron chi connectivity index (χ3n) is 2.81. The molecule has 0 aliphatic rings. The van der Waals surface area contributed by atoms with Crippen molar-refractivity contribution in [3.63, 3.8) is 0 Å². The van der Waals surface area contributed by atoms with Gasteiger partial charge in [-0.1, -0.05) is 12.1 Å². The Balaban J connectivity index is 2.34. The number of thiophene rings is 1. The van der Waals surface area contributed by atoms with E-state index in [2.05, 4.69) is 16.8 Å². The second-order valence-corrected chi connectivity index (χ2v) is 6.92. The number of nitrogens with one attached hydrogen (secondary N) is 1. The van der Waals surface area contributed by atoms with Crippen LogP contribution in [0.1, 0.15) is 17.2 Å². The fraction of sp³-hybridized carbons (Fsp3) is 0.231. The molecule has 2 aromatic rings. The Morgan fingerprint density at radius 3 is 2.22 bits per heavy atom. The van der Waals surface area contributed by atoms with Crippen molar-refractivity contribution in [1.82, 2.24) is 5.32 Å². The van der Waals surface area contributed by atoms with E-state index in [0.717, 1.165) is 5.56 Å². The van der Waals surface area contributed by atoms with Crippen LogP contribution in [0.2, 0.25) is 0 Å². The minimum atomic E-state index is -3.12. The number of hydrogen-bond donors (Lipinski definition) is 1. The standard InChI is InChI=1S/C13H15NO2S2/c1-14-13(11-7-8-17-9-11)10-3-5-12(6-4-10)18(2,15)16/h3-9,13-14H,1-2H3. The van der Waals surface area contributed by atoms with Crippen molar-refractivity contribution in [1.29, 1.82) is 0 Å². The summed E-state index contributed by atoms with van der Waals surface area (Å²) in [5.41, 5.74) is 2.25. The first kappa shape index (κ1) is 13.3. The molecule has 2 rings (SSSR count). The molecule has 1 heterocycles. The summed E-state index contributed by atoms with van der Waals surface area (Å²) in [5, 5.41) is 7.36. The third-order valence-corrected chi connectivity index (χ3v) is 4.64. The van der Waals surface area contributed by atoms with Gasteiger partial charge in [-0.15, -0.1) is 0 Å². The van der Waals surface area contributed by atoms with Gasteiger partial charge in [0.15, 0.2) is 9.84 Å². The van der Waals surface area contributed by atoms with Gasteiger partial charge in [0, 0.05) is 6.26 Å². The topological polar surface area (TPSA) is 46.2 Å². The molecule has 1 unspecified atom stereocenters. The molecule has 0 spiro atoms. The molecule has 0 bridgehead atoms. The van der Waals surface area contributed by atoms with Crippen molar-refractivity contribution in [2.24, 2.45) is 0 Å². The molecule has 1 atom stereocenters. The highest BCUT2D eigenvalue weighted by atomic mass is 32.2. The van der Waals surface area contributed by atoms with Crippen LogP contribution in [0.3, 0.4) is 0 Å². The zero-order valence-corrected chi connectivity index (χ0v) is 11.9. The molecule has 1 aromatic carbocycles. The summed E-state index contributed by atoms with van der Waals surface area (Å²) in [6.45, 7) is 0. The molecule has 3 nitrogen and oxygen atoms in total. The van der Waals surface area contributed by atoms with Crippen LogP contribution in [0, 0.1) is 0 Å². The quantitative estimate of drug-likeness (QED) is 0.936. The van der Waals surface area contributed by atoms with E-state index in [1.807, 2.05) is 24.6 Å². The van der Waals surface area contributed by atoms with Gasteiger partial charge >= 0.3 is 0 Å². The monoisotopic (exact) mass is 281 g/mol. The van der Waals surface area contributed by atoms with Crippen LogP contribution in [-0.2, 0) is 9.84 Å². The zero-order chi connectivity index (χ0) is 13.2. The highest BCUT2D eigenvalue weighted by Gasteiger charge is 2.13. The normalized spacial score (nSPS) is 13.4. The van der Waals surface area contributed by atoms with Gasteiger partial charge in [-0.2, -0.15) is 11.3 Å². The molecule has 0 aliphatic carbocycles. The maximum absolute atomic E-state index is 11.4. The average molecular weight is 281 g/mol. The van der Waals surface area contributed by atoms with Gasteiger partial charge in [0.2, 0.25) is 0 Å². The Labute approximate surface area is 111 Å². The van der Waals surface area contributed by atoms with Crippen LogP contribution in [0.15, 0.2) is 46.0 Å². The average Bonchev–Trinajstić information content (AvgIpc) is 2.83.